The van der Waals surface area contributed by atoms with Crippen LogP contribution in [-0.2, 0) is 14.3 Å². The van der Waals surface area contributed by atoms with Gasteiger partial charge in [0.2, 0.25) is 0 Å². The minimum atomic E-state index is -1.21. The SMILES string of the molecule is CCCCOCC12CC3C(C[C@H](O)[C@H]3C)[C@@]3(C=O)C[C@@H]1C=C(C(C)C)[C@]23C(=O)O. The summed E-state index contributed by atoms with van der Waals surface area (Å²) in [6, 6.07) is 0. The third-order valence-corrected chi connectivity index (χ3v) is 9.24. The summed E-state index contributed by atoms with van der Waals surface area (Å²) in [4.78, 5) is 26.1. The quantitative estimate of drug-likeness (QED) is 0.366. The van der Waals surface area contributed by atoms with Gasteiger partial charge in [-0.2, -0.15) is 0 Å². The lowest BCUT2D eigenvalue weighted by atomic mass is 9.43. The highest BCUT2D eigenvalue weighted by Gasteiger charge is 2.84. The predicted molar refractivity (Wildman–Crippen MR) is 109 cm³/mol. The molecule has 3 fully saturated rings. The van der Waals surface area contributed by atoms with Crippen molar-refractivity contribution in [1.29, 1.82) is 0 Å². The molecule has 0 amide bonds. The maximum Gasteiger partial charge on any atom is 0.315 e. The van der Waals surface area contributed by atoms with Crippen LogP contribution in [0.5, 0.6) is 0 Å². The summed E-state index contributed by atoms with van der Waals surface area (Å²) in [5, 5.41) is 21.5. The number of rotatable bonds is 8. The van der Waals surface area contributed by atoms with E-state index in [1.54, 1.807) is 0 Å². The fourth-order valence-electron chi connectivity index (χ4n) is 8.11. The second-order valence-corrected chi connectivity index (χ2v) is 10.5. The molecule has 0 heterocycles. The van der Waals surface area contributed by atoms with E-state index in [2.05, 4.69) is 19.9 Å². The van der Waals surface area contributed by atoms with Crippen LogP contribution in [0.2, 0.25) is 0 Å². The molecule has 0 spiro atoms. The average Bonchev–Trinajstić information content (AvgIpc) is 3.20. The number of carboxylic acid groups (broad SMARTS) is 1. The summed E-state index contributed by atoms with van der Waals surface area (Å²) in [5.74, 6) is -0.569. The summed E-state index contributed by atoms with van der Waals surface area (Å²) in [6.07, 6.45) is 6.52. The van der Waals surface area contributed by atoms with E-state index in [4.69, 9.17) is 4.74 Å². The van der Waals surface area contributed by atoms with Gasteiger partial charge in [-0.05, 0) is 55.3 Å². The fraction of sp³-hybridized carbons (Fsp3) is 0.833. The number of allylic oxidation sites excluding steroid dienone is 1. The Bertz CT molecular complexity index is 729. The summed E-state index contributed by atoms with van der Waals surface area (Å²) in [6.45, 7) is 9.27. The standard InChI is InChI=1S/C24H36O5/c1-5-6-7-29-13-23-11-17-15(4)20(26)9-19(17)22(12-25)10-16(23)8-18(14(2)3)24(22,23)21(27)28/h8,12,14-17,19-20,26H,5-7,9-11,13H2,1-4H3,(H,27,28)/t15-,16-,17?,19?,20-,22-,23?,24+/m0/s1. The summed E-state index contributed by atoms with van der Waals surface area (Å²) in [5.41, 5.74) is -1.83. The van der Waals surface area contributed by atoms with Gasteiger partial charge in [-0.1, -0.05) is 45.8 Å². The molecule has 8 atom stereocenters. The number of unbranched alkanes of at least 4 members (excludes halogenated alkanes) is 1. The number of ether oxygens (including phenoxy) is 1. The van der Waals surface area contributed by atoms with Crippen molar-refractivity contribution in [3.8, 4) is 0 Å². The summed E-state index contributed by atoms with van der Waals surface area (Å²) >= 11 is 0. The Kier molecular flexibility index (Phi) is 5.02. The first kappa shape index (κ1) is 21.0. The van der Waals surface area contributed by atoms with Crippen molar-refractivity contribution in [3.63, 3.8) is 0 Å². The van der Waals surface area contributed by atoms with Gasteiger partial charge in [0.05, 0.1) is 18.1 Å². The number of carbonyl (C=O) groups excluding carboxylic acids is 1. The van der Waals surface area contributed by atoms with E-state index in [0.717, 1.165) is 31.1 Å². The summed E-state index contributed by atoms with van der Waals surface area (Å²) < 4.78 is 6.14. The van der Waals surface area contributed by atoms with E-state index in [9.17, 15) is 19.8 Å². The van der Waals surface area contributed by atoms with Gasteiger partial charge in [-0.15, -0.1) is 0 Å². The number of carbonyl (C=O) groups is 2. The van der Waals surface area contributed by atoms with Crippen molar-refractivity contribution in [3.05, 3.63) is 11.6 Å². The fourth-order valence-corrected chi connectivity index (χ4v) is 8.11. The normalized spacial score (nSPS) is 47.4. The lowest BCUT2D eigenvalue weighted by Gasteiger charge is -2.58. The molecule has 0 aliphatic heterocycles. The number of carboxylic acids is 1. The molecule has 4 aliphatic rings. The van der Waals surface area contributed by atoms with Crippen LogP contribution in [0.1, 0.15) is 59.8 Å². The monoisotopic (exact) mass is 404 g/mol. The zero-order valence-corrected chi connectivity index (χ0v) is 18.2. The lowest BCUT2D eigenvalue weighted by molar-refractivity contribution is -0.186. The predicted octanol–water partition coefficient (Wildman–Crippen LogP) is 3.70. The lowest BCUT2D eigenvalue weighted by Crippen LogP contribution is -2.63. The van der Waals surface area contributed by atoms with Crippen LogP contribution in [0.3, 0.4) is 0 Å². The molecule has 5 nitrogen and oxygen atoms in total. The Labute approximate surface area is 173 Å². The number of aliphatic carboxylic acids is 1. The molecule has 29 heavy (non-hydrogen) atoms. The second-order valence-electron chi connectivity index (χ2n) is 10.5. The van der Waals surface area contributed by atoms with Gasteiger partial charge in [0.1, 0.15) is 11.7 Å². The number of aliphatic hydroxyl groups excluding tert-OH is 1. The third kappa shape index (κ3) is 2.29. The van der Waals surface area contributed by atoms with Crippen LogP contribution in [0.4, 0.5) is 0 Å². The Hall–Kier alpha value is -1.20. The van der Waals surface area contributed by atoms with Crippen LogP contribution >= 0.6 is 0 Å². The zero-order valence-electron chi connectivity index (χ0n) is 18.2. The molecule has 0 radical (unpaired) electrons. The molecule has 4 rings (SSSR count). The molecule has 0 aromatic carbocycles. The van der Waals surface area contributed by atoms with Crippen molar-refractivity contribution in [2.75, 3.05) is 13.2 Å². The van der Waals surface area contributed by atoms with E-state index in [-0.39, 0.29) is 29.6 Å². The number of fused-ring (bicyclic) bond motifs is 2. The minimum Gasteiger partial charge on any atom is -0.481 e. The molecule has 5 heteroatoms. The third-order valence-electron chi connectivity index (χ3n) is 9.24. The Balaban J connectivity index is 1.89. The minimum absolute atomic E-state index is 0.0535. The van der Waals surface area contributed by atoms with Crippen molar-refractivity contribution >= 4 is 12.3 Å². The van der Waals surface area contributed by atoms with E-state index >= 15 is 0 Å². The number of aliphatic hydroxyl groups is 1. The van der Waals surface area contributed by atoms with E-state index in [1.165, 1.54) is 0 Å². The van der Waals surface area contributed by atoms with Crippen LogP contribution in [0.15, 0.2) is 11.6 Å². The van der Waals surface area contributed by atoms with Gasteiger partial charge in [0, 0.05) is 12.0 Å². The zero-order chi connectivity index (χ0) is 21.2. The van der Waals surface area contributed by atoms with Crippen LogP contribution in [0, 0.1) is 45.8 Å². The van der Waals surface area contributed by atoms with Crippen molar-refractivity contribution in [1.82, 2.24) is 0 Å². The molecule has 4 bridgehead atoms. The maximum atomic E-state index is 13.2. The first-order chi connectivity index (χ1) is 13.7. The number of hydrogen-bond donors (Lipinski definition) is 2. The van der Waals surface area contributed by atoms with Crippen molar-refractivity contribution < 1.29 is 24.5 Å². The van der Waals surface area contributed by atoms with Crippen molar-refractivity contribution in [2.24, 2.45) is 45.8 Å². The Morgan fingerprint density at radius 3 is 2.69 bits per heavy atom. The molecule has 0 saturated heterocycles. The number of hydrogen-bond acceptors (Lipinski definition) is 4. The number of aldehydes is 1. The highest BCUT2D eigenvalue weighted by Crippen LogP contribution is 2.82. The second kappa shape index (κ2) is 6.91. The van der Waals surface area contributed by atoms with Gasteiger partial charge >= 0.3 is 5.97 Å². The molecule has 0 aromatic heterocycles. The summed E-state index contributed by atoms with van der Waals surface area (Å²) in [7, 11) is 0. The average molecular weight is 405 g/mol. The molecule has 2 N–H and O–H groups in total. The molecular weight excluding hydrogens is 368 g/mol. The first-order valence-electron chi connectivity index (χ1n) is 11.4. The molecule has 162 valence electrons. The van der Waals surface area contributed by atoms with Gasteiger partial charge < -0.3 is 19.7 Å². The molecule has 4 aliphatic carbocycles. The van der Waals surface area contributed by atoms with Crippen molar-refractivity contribution in [2.45, 2.75) is 65.9 Å². The molecular formula is C24H36O5. The van der Waals surface area contributed by atoms with Gasteiger partial charge in [-0.25, -0.2) is 0 Å². The molecule has 3 unspecified atom stereocenters. The highest BCUT2D eigenvalue weighted by molar-refractivity contribution is 5.90. The highest BCUT2D eigenvalue weighted by atomic mass is 16.5. The Morgan fingerprint density at radius 2 is 2.10 bits per heavy atom. The van der Waals surface area contributed by atoms with Crippen LogP contribution < -0.4 is 0 Å². The molecule has 3 saturated carbocycles. The van der Waals surface area contributed by atoms with Gasteiger partial charge in [-0.3, -0.25) is 4.79 Å². The van der Waals surface area contributed by atoms with Crippen LogP contribution in [-0.4, -0.2) is 41.8 Å². The van der Waals surface area contributed by atoms with Crippen LogP contribution in [0.25, 0.3) is 0 Å². The first-order valence-corrected chi connectivity index (χ1v) is 11.4. The van der Waals surface area contributed by atoms with E-state index in [1.807, 2.05) is 13.8 Å². The van der Waals surface area contributed by atoms with Gasteiger partial charge in [0.15, 0.2) is 0 Å². The van der Waals surface area contributed by atoms with Gasteiger partial charge in [0.25, 0.3) is 0 Å². The maximum absolute atomic E-state index is 13.2. The topological polar surface area (TPSA) is 83.8 Å². The van der Waals surface area contributed by atoms with E-state index in [0.29, 0.717) is 26.1 Å². The van der Waals surface area contributed by atoms with E-state index < -0.39 is 28.3 Å². The largest absolute Gasteiger partial charge is 0.481 e. The Morgan fingerprint density at radius 1 is 1.38 bits per heavy atom. The smallest absolute Gasteiger partial charge is 0.315 e. The molecule has 0 aromatic rings.